The summed E-state index contributed by atoms with van der Waals surface area (Å²) in [5, 5.41) is 0. The van der Waals surface area contributed by atoms with E-state index in [9.17, 15) is 4.79 Å². The monoisotopic (exact) mass is 313 g/mol. The van der Waals surface area contributed by atoms with Gasteiger partial charge < -0.3 is 9.32 Å². The second-order valence-electron chi connectivity index (χ2n) is 4.99. The molecule has 1 aliphatic rings. The Kier molecular flexibility index (Phi) is 4.87. The Balaban J connectivity index is 1.98. The molecule has 1 aromatic heterocycles. The van der Waals surface area contributed by atoms with Crippen molar-refractivity contribution in [3.63, 3.8) is 0 Å². The maximum Gasteiger partial charge on any atom is 0.258 e. The molecule has 0 bridgehead atoms. The Morgan fingerprint density at radius 1 is 1.50 bits per heavy atom. The predicted molar refractivity (Wildman–Crippen MR) is 74.6 cm³/mol. The molecule has 0 saturated carbocycles. The van der Waals surface area contributed by atoms with Crippen LogP contribution in [-0.4, -0.2) is 23.9 Å². The lowest BCUT2D eigenvalue weighted by atomic mass is 9.96. The van der Waals surface area contributed by atoms with E-state index in [0.717, 1.165) is 31.8 Å². The molecular weight excluding hydrogens is 294 g/mol. The number of nitrogens with zero attached hydrogens (tertiary/aromatic N) is 1. The average molecular weight is 314 g/mol. The number of halogens is 1. The maximum absolute atomic E-state index is 12.3. The first-order valence-corrected chi connectivity index (χ1v) is 7.54. The summed E-state index contributed by atoms with van der Waals surface area (Å²) in [5.74, 6) is 0.883. The van der Waals surface area contributed by atoms with Crippen molar-refractivity contribution in [1.29, 1.82) is 0 Å². The van der Waals surface area contributed by atoms with Crippen molar-refractivity contribution in [2.24, 2.45) is 5.92 Å². The number of amides is 1. The number of carbonyl (C=O) groups is 1. The lowest BCUT2D eigenvalue weighted by Crippen LogP contribution is -2.31. The second-order valence-corrected chi connectivity index (χ2v) is 5.71. The van der Waals surface area contributed by atoms with Crippen LogP contribution in [0.4, 0.5) is 0 Å². The Morgan fingerprint density at radius 3 is 3.00 bits per heavy atom. The molecule has 0 radical (unpaired) electrons. The fourth-order valence-electron chi connectivity index (χ4n) is 2.68. The van der Waals surface area contributed by atoms with Gasteiger partial charge in [-0.1, -0.05) is 19.8 Å². The number of likely N-dealkylation sites (tertiary alicyclic amines) is 1. The van der Waals surface area contributed by atoms with Crippen LogP contribution in [0.3, 0.4) is 0 Å². The summed E-state index contributed by atoms with van der Waals surface area (Å²) < 4.78 is 5.68. The first kappa shape index (κ1) is 13.7. The predicted octanol–water partition coefficient (Wildman–Crippen LogP) is 4.08. The third-order valence-corrected chi connectivity index (χ3v) is 4.29. The number of hydrogen-bond acceptors (Lipinski definition) is 2. The second kappa shape index (κ2) is 6.41. The lowest BCUT2D eigenvalue weighted by Gasteiger charge is -2.20. The molecule has 0 aromatic carbocycles. The van der Waals surface area contributed by atoms with E-state index in [1.807, 2.05) is 4.90 Å². The van der Waals surface area contributed by atoms with Crippen LogP contribution in [0.1, 0.15) is 49.4 Å². The number of carbonyl (C=O) groups excluding carboxylic acids is 1. The highest BCUT2D eigenvalue weighted by Gasteiger charge is 2.23. The third-order valence-electron chi connectivity index (χ3n) is 3.68. The molecule has 1 aromatic rings. The van der Waals surface area contributed by atoms with Gasteiger partial charge in [0.1, 0.15) is 0 Å². The summed E-state index contributed by atoms with van der Waals surface area (Å²) in [5.41, 5.74) is 0.643. The standard InChI is InChI=1S/C14H20BrNO2/c1-2-4-11-5-3-8-16(9-6-11)14(17)12-7-10-18-13(12)15/h7,10-11H,2-6,8-9H2,1H3. The molecule has 1 aliphatic heterocycles. The first-order valence-electron chi connectivity index (χ1n) is 6.74. The summed E-state index contributed by atoms with van der Waals surface area (Å²) in [7, 11) is 0. The molecule has 1 amide bonds. The van der Waals surface area contributed by atoms with E-state index in [4.69, 9.17) is 4.42 Å². The van der Waals surface area contributed by atoms with Gasteiger partial charge in [-0.2, -0.15) is 0 Å². The van der Waals surface area contributed by atoms with E-state index in [2.05, 4.69) is 22.9 Å². The molecule has 1 saturated heterocycles. The Bertz CT molecular complexity index is 402. The number of rotatable bonds is 3. The van der Waals surface area contributed by atoms with Crippen LogP contribution in [0.15, 0.2) is 21.4 Å². The van der Waals surface area contributed by atoms with Crippen LogP contribution < -0.4 is 0 Å². The zero-order valence-corrected chi connectivity index (χ0v) is 12.4. The fraction of sp³-hybridized carbons (Fsp3) is 0.643. The van der Waals surface area contributed by atoms with Crippen LogP contribution >= 0.6 is 15.9 Å². The van der Waals surface area contributed by atoms with E-state index >= 15 is 0 Å². The minimum Gasteiger partial charge on any atom is -0.457 e. The highest BCUT2D eigenvalue weighted by molar-refractivity contribution is 9.10. The topological polar surface area (TPSA) is 33.5 Å². The highest BCUT2D eigenvalue weighted by Crippen LogP contribution is 2.25. The minimum absolute atomic E-state index is 0.0905. The molecule has 100 valence electrons. The molecule has 0 N–H and O–H groups in total. The van der Waals surface area contributed by atoms with Crippen molar-refractivity contribution >= 4 is 21.8 Å². The van der Waals surface area contributed by atoms with Crippen LogP contribution in [0.5, 0.6) is 0 Å². The summed E-state index contributed by atoms with van der Waals surface area (Å²) >= 11 is 3.28. The summed E-state index contributed by atoms with van der Waals surface area (Å²) in [4.78, 5) is 14.3. The van der Waals surface area contributed by atoms with Crippen molar-refractivity contribution < 1.29 is 9.21 Å². The Morgan fingerprint density at radius 2 is 2.33 bits per heavy atom. The van der Waals surface area contributed by atoms with Crippen LogP contribution in [0, 0.1) is 5.92 Å². The smallest absolute Gasteiger partial charge is 0.258 e. The van der Waals surface area contributed by atoms with Crippen LogP contribution in [0.2, 0.25) is 0 Å². The molecule has 3 nitrogen and oxygen atoms in total. The average Bonchev–Trinajstić information content (AvgIpc) is 2.64. The zero-order valence-electron chi connectivity index (χ0n) is 10.8. The van der Waals surface area contributed by atoms with Gasteiger partial charge in [0, 0.05) is 13.1 Å². The molecule has 0 aliphatic carbocycles. The highest BCUT2D eigenvalue weighted by atomic mass is 79.9. The van der Waals surface area contributed by atoms with Gasteiger partial charge in [-0.25, -0.2) is 0 Å². The van der Waals surface area contributed by atoms with Crippen molar-refractivity contribution in [2.75, 3.05) is 13.1 Å². The largest absolute Gasteiger partial charge is 0.457 e. The van der Waals surface area contributed by atoms with Gasteiger partial charge in [0.05, 0.1) is 11.8 Å². The summed E-state index contributed by atoms with van der Waals surface area (Å²) in [6.07, 6.45) is 7.59. The molecular formula is C14H20BrNO2. The fourth-order valence-corrected chi connectivity index (χ4v) is 3.09. The molecule has 1 unspecified atom stereocenters. The van der Waals surface area contributed by atoms with E-state index in [1.54, 1.807) is 12.3 Å². The summed E-state index contributed by atoms with van der Waals surface area (Å²) in [6, 6.07) is 1.74. The van der Waals surface area contributed by atoms with Gasteiger partial charge in [0.25, 0.3) is 5.91 Å². The minimum atomic E-state index is 0.0905. The van der Waals surface area contributed by atoms with E-state index in [-0.39, 0.29) is 5.91 Å². The van der Waals surface area contributed by atoms with Gasteiger partial charge in [0.2, 0.25) is 0 Å². The molecule has 18 heavy (non-hydrogen) atoms. The summed E-state index contributed by atoms with van der Waals surface area (Å²) in [6.45, 7) is 3.98. The van der Waals surface area contributed by atoms with Gasteiger partial charge >= 0.3 is 0 Å². The van der Waals surface area contributed by atoms with E-state index in [1.165, 1.54) is 19.3 Å². The van der Waals surface area contributed by atoms with Crippen molar-refractivity contribution in [2.45, 2.75) is 39.0 Å². The molecule has 2 rings (SSSR count). The lowest BCUT2D eigenvalue weighted by molar-refractivity contribution is 0.0758. The maximum atomic E-state index is 12.3. The quantitative estimate of drug-likeness (QED) is 0.842. The van der Waals surface area contributed by atoms with E-state index < -0.39 is 0 Å². The molecule has 0 spiro atoms. The molecule has 4 heteroatoms. The Hall–Kier alpha value is -0.770. The van der Waals surface area contributed by atoms with Gasteiger partial charge in [0.15, 0.2) is 4.67 Å². The normalized spacial score (nSPS) is 20.8. The zero-order chi connectivity index (χ0) is 13.0. The van der Waals surface area contributed by atoms with Crippen LogP contribution in [-0.2, 0) is 0 Å². The molecule has 2 heterocycles. The van der Waals surface area contributed by atoms with Crippen molar-refractivity contribution in [3.8, 4) is 0 Å². The van der Waals surface area contributed by atoms with E-state index in [0.29, 0.717) is 10.2 Å². The van der Waals surface area contributed by atoms with Crippen molar-refractivity contribution in [1.82, 2.24) is 4.90 Å². The SMILES string of the molecule is CCCC1CCCN(C(=O)c2ccoc2Br)CC1. The molecule has 1 atom stereocenters. The van der Waals surface area contributed by atoms with Crippen molar-refractivity contribution in [3.05, 3.63) is 22.6 Å². The van der Waals surface area contributed by atoms with Gasteiger partial charge in [-0.05, 0) is 47.2 Å². The van der Waals surface area contributed by atoms with Gasteiger partial charge in [-0.15, -0.1) is 0 Å². The number of hydrogen-bond donors (Lipinski definition) is 0. The van der Waals surface area contributed by atoms with Crippen LogP contribution in [0.25, 0.3) is 0 Å². The first-order chi connectivity index (χ1) is 8.72. The third kappa shape index (κ3) is 3.16. The number of furan rings is 1. The van der Waals surface area contributed by atoms with Gasteiger partial charge in [-0.3, -0.25) is 4.79 Å². The Labute approximate surface area is 117 Å². The molecule has 1 fully saturated rings.